The Labute approximate surface area is 247 Å². The summed E-state index contributed by atoms with van der Waals surface area (Å²) >= 11 is 0. The number of ether oxygens (including phenoxy) is 3. The van der Waals surface area contributed by atoms with Crippen LogP contribution in [0.2, 0.25) is 0 Å². The van der Waals surface area contributed by atoms with Crippen LogP contribution in [0.1, 0.15) is 80.3 Å². The number of carbonyl (C=O) groups excluding carboxylic acids is 2. The number of pyridine rings is 1. The van der Waals surface area contributed by atoms with Gasteiger partial charge in [-0.3, -0.25) is 9.80 Å². The zero-order chi connectivity index (χ0) is 30.3. The maximum atomic E-state index is 13.2. The average molecular weight is 573 g/mol. The molecule has 0 spiro atoms. The topological polar surface area (TPSA) is 96.5 Å². The fourth-order valence-corrected chi connectivity index (χ4v) is 5.97. The number of nitriles is 1. The van der Waals surface area contributed by atoms with E-state index in [1.165, 1.54) is 0 Å². The van der Waals surface area contributed by atoms with E-state index in [-0.39, 0.29) is 18.1 Å². The monoisotopic (exact) mass is 572 g/mol. The highest BCUT2D eigenvalue weighted by atomic mass is 16.6. The molecule has 0 bridgehead atoms. The van der Waals surface area contributed by atoms with E-state index >= 15 is 0 Å². The van der Waals surface area contributed by atoms with Crippen molar-refractivity contribution in [1.82, 2.24) is 9.30 Å². The van der Waals surface area contributed by atoms with Crippen LogP contribution in [-0.4, -0.2) is 65.9 Å². The van der Waals surface area contributed by atoms with Gasteiger partial charge < -0.3 is 18.6 Å². The molecule has 1 fully saturated rings. The van der Waals surface area contributed by atoms with Crippen LogP contribution in [0, 0.1) is 18.3 Å². The van der Waals surface area contributed by atoms with Gasteiger partial charge in [0.05, 0.1) is 36.1 Å². The molecule has 0 saturated carbocycles. The van der Waals surface area contributed by atoms with Gasteiger partial charge in [-0.25, -0.2) is 9.59 Å². The number of carbonyl (C=O) groups is 2. The van der Waals surface area contributed by atoms with Crippen LogP contribution in [0.15, 0.2) is 30.5 Å². The van der Waals surface area contributed by atoms with Crippen LogP contribution < -0.4 is 4.90 Å². The highest BCUT2D eigenvalue weighted by Gasteiger charge is 2.32. The molecule has 9 nitrogen and oxygen atoms in total. The number of benzene rings is 1. The standard InChI is InChI=1S/C33H40N4O5/c1-20(2)41-31(38)28-17-27-16-26(19-37(27)29(21(28)3)22(4)35-10-12-40-13-11-35)24-14-23-8-9-36(30(23)25(15-24)18-34)32(39)42-33(5,6)7/h14-17,19-20,22H,8-13H2,1-7H3. The maximum absolute atomic E-state index is 13.2. The Morgan fingerprint density at radius 3 is 2.38 bits per heavy atom. The third kappa shape index (κ3) is 5.74. The smallest absolute Gasteiger partial charge is 0.414 e. The molecule has 222 valence electrons. The van der Waals surface area contributed by atoms with Gasteiger partial charge in [0.25, 0.3) is 0 Å². The molecule has 2 aromatic heterocycles. The number of rotatable bonds is 5. The first kappa shape index (κ1) is 29.6. The average Bonchev–Trinajstić information content (AvgIpc) is 3.55. The lowest BCUT2D eigenvalue weighted by Gasteiger charge is -2.34. The van der Waals surface area contributed by atoms with Gasteiger partial charge in [-0.1, -0.05) is 0 Å². The van der Waals surface area contributed by atoms with Gasteiger partial charge in [0.1, 0.15) is 11.7 Å². The van der Waals surface area contributed by atoms with Crippen molar-refractivity contribution in [3.05, 3.63) is 58.4 Å². The number of morpholine rings is 1. The van der Waals surface area contributed by atoms with E-state index in [1.54, 1.807) is 4.90 Å². The predicted octanol–water partition coefficient (Wildman–Crippen LogP) is 6.04. The maximum Gasteiger partial charge on any atom is 0.414 e. The SMILES string of the molecule is Cc1c(C(=O)OC(C)C)cc2cc(-c3cc(C#N)c4c(c3)CCN4C(=O)OC(C)(C)C)cn2c1C(C)N1CCOCC1. The Morgan fingerprint density at radius 2 is 1.74 bits per heavy atom. The largest absolute Gasteiger partial charge is 0.459 e. The number of anilines is 1. The normalized spacial score (nSPS) is 16.4. The van der Waals surface area contributed by atoms with E-state index in [1.807, 2.05) is 59.7 Å². The number of hydrogen-bond acceptors (Lipinski definition) is 7. The molecular weight excluding hydrogens is 532 g/mol. The fraction of sp³-hybridized carbons (Fsp3) is 0.485. The summed E-state index contributed by atoms with van der Waals surface area (Å²) in [5.41, 5.74) is 6.49. The third-order valence-electron chi connectivity index (χ3n) is 7.87. The van der Waals surface area contributed by atoms with E-state index in [0.29, 0.717) is 43.0 Å². The Hall–Kier alpha value is -3.87. The summed E-state index contributed by atoms with van der Waals surface area (Å²) in [6.07, 6.45) is 2.04. The number of hydrogen-bond donors (Lipinski definition) is 0. The highest BCUT2D eigenvalue weighted by molar-refractivity contribution is 5.95. The zero-order valence-electron chi connectivity index (χ0n) is 25.6. The summed E-state index contributed by atoms with van der Waals surface area (Å²) in [7, 11) is 0. The summed E-state index contributed by atoms with van der Waals surface area (Å²) in [4.78, 5) is 30.0. The first-order valence-corrected chi connectivity index (χ1v) is 14.6. The molecule has 0 radical (unpaired) electrons. The van der Waals surface area contributed by atoms with Crippen LogP contribution in [0.25, 0.3) is 16.6 Å². The molecule has 2 aliphatic heterocycles. The van der Waals surface area contributed by atoms with Crippen molar-refractivity contribution in [2.75, 3.05) is 37.7 Å². The van der Waals surface area contributed by atoms with Gasteiger partial charge >= 0.3 is 12.1 Å². The molecule has 5 rings (SSSR count). The van der Waals surface area contributed by atoms with Gasteiger partial charge in [-0.15, -0.1) is 0 Å². The number of aromatic nitrogens is 1. The number of amides is 1. The van der Waals surface area contributed by atoms with Crippen LogP contribution in [-0.2, 0) is 20.6 Å². The molecule has 42 heavy (non-hydrogen) atoms. The molecule has 3 aromatic rings. The summed E-state index contributed by atoms with van der Waals surface area (Å²) < 4.78 is 19.0. The zero-order valence-corrected chi connectivity index (χ0v) is 25.6. The molecule has 4 heterocycles. The Balaban J connectivity index is 1.61. The summed E-state index contributed by atoms with van der Waals surface area (Å²) in [6, 6.07) is 10.2. The van der Waals surface area contributed by atoms with E-state index in [0.717, 1.165) is 46.6 Å². The van der Waals surface area contributed by atoms with Gasteiger partial charge in [0.2, 0.25) is 0 Å². The molecule has 1 amide bonds. The van der Waals surface area contributed by atoms with Gasteiger partial charge in [-0.05, 0) is 95.8 Å². The molecule has 1 saturated heterocycles. The van der Waals surface area contributed by atoms with Crippen molar-refractivity contribution in [1.29, 1.82) is 5.26 Å². The highest BCUT2D eigenvalue weighted by Crippen LogP contribution is 2.38. The number of fused-ring (bicyclic) bond motifs is 2. The second-order valence-electron chi connectivity index (χ2n) is 12.4. The van der Waals surface area contributed by atoms with Crippen LogP contribution in [0.3, 0.4) is 0 Å². The van der Waals surface area contributed by atoms with Crippen molar-refractivity contribution in [3.63, 3.8) is 0 Å². The predicted molar refractivity (Wildman–Crippen MR) is 161 cm³/mol. The summed E-state index contributed by atoms with van der Waals surface area (Å²) in [5, 5.41) is 10.1. The number of esters is 1. The molecular formula is C33H40N4O5. The Kier molecular flexibility index (Phi) is 8.06. The lowest BCUT2D eigenvalue weighted by atomic mass is 9.99. The van der Waals surface area contributed by atoms with Gasteiger partial charge in [0, 0.05) is 48.6 Å². The van der Waals surface area contributed by atoms with E-state index < -0.39 is 11.7 Å². The second kappa shape index (κ2) is 11.4. The van der Waals surface area contributed by atoms with Crippen LogP contribution in [0.4, 0.5) is 10.5 Å². The van der Waals surface area contributed by atoms with Crippen molar-refractivity contribution in [3.8, 4) is 17.2 Å². The molecule has 1 unspecified atom stereocenters. The summed E-state index contributed by atoms with van der Waals surface area (Å²) in [5.74, 6) is -0.338. The Bertz CT molecular complexity index is 1570. The minimum atomic E-state index is -0.631. The van der Waals surface area contributed by atoms with Crippen molar-refractivity contribution >= 4 is 23.3 Å². The van der Waals surface area contributed by atoms with Gasteiger partial charge in [-0.2, -0.15) is 5.26 Å². The molecule has 1 aromatic carbocycles. The Morgan fingerprint density at radius 1 is 1.02 bits per heavy atom. The minimum Gasteiger partial charge on any atom is -0.459 e. The molecule has 0 aliphatic carbocycles. The van der Waals surface area contributed by atoms with Crippen molar-refractivity contribution < 1.29 is 23.8 Å². The first-order chi connectivity index (χ1) is 19.9. The lowest BCUT2D eigenvalue weighted by Crippen LogP contribution is -2.39. The van der Waals surface area contributed by atoms with Crippen molar-refractivity contribution in [2.45, 2.75) is 72.6 Å². The molecule has 0 N–H and O–H groups in total. The van der Waals surface area contributed by atoms with E-state index in [4.69, 9.17) is 14.2 Å². The lowest BCUT2D eigenvalue weighted by molar-refractivity contribution is 0.0186. The third-order valence-corrected chi connectivity index (χ3v) is 7.87. The fourth-order valence-electron chi connectivity index (χ4n) is 5.97. The quantitative estimate of drug-likeness (QED) is 0.344. The number of nitrogens with zero attached hydrogens (tertiary/aromatic N) is 4. The molecule has 9 heteroatoms. The second-order valence-corrected chi connectivity index (χ2v) is 12.4. The van der Waals surface area contributed by atoms with Crippen LogP contribution in [0.5, 0.6) is 0 Å². The van der Waals surface area contributed by atoms with Crippen molar-refractivity contribution in [2.24, 2.45) is 0 Å². The van der Waals surface area contributed by atoms with E-state index in [9.17, 15) is 14.9 Å². The van der Waals surface area contributed by atoms with E-state index in [2.05, 4.69) is 34.6 Å². The molecule has 1 atom stereocenters. The summed E-state index contributed by atoms with van der Waals surface area (Å²) in [6.45, 7) is 16.8. The van der Waals surface area contributed by atoms with Crippen LogP contribution >= 0.6 is 0 Å². The van der Waals surface area contributed by atoms with Gasteiger partial charge in [0.15, 0.2) is 0 Å². The molecule has 2 aliphatic rings. The first-order valence-electron chi connectivity index (χ1n) is 14.6. The minimum absolute atomic E-state index is 0.0283.